The molecule has 5 nitrogen and oxygen atoms in total. The number of alkyl halides is 3. The highest BCUT2D eigenvalue weighted by Gasteiger charge is 2.50. The van der Waals surface area contributed by atoms with Crippen molar-refractivity contribution in [3.63, 3.8) is 0 Å². The second kappa shape index (κ2) is 6.27. The van der Waals surface area contributed by atoms with Crippen molar-refractivity contribution in [2.75, 3.05) is 0 Å². The van der Waals surface area contributed by atoms with Crippen molar-refractivity contribution < 1.29 is 27.5 Å². The standard InChI is InChI=1S/C16H17F3N2O3/c1-15(2,14(23)16(17,18)19)24-13(22)11(20)7-9-8-21-12-6-4-3-5-10(9)12/h3-6,8,11,21H,7,20H2,1-2H3. The number of carbonyl (C=O) groups excluding carboxylic acids is 2. The van der Waals surface area contributed by atoms with E-state index in [1.54, 1.807) is 6.20 Å². The Morgan fingerprint density at radius 1 is 1.25 bits per heavy atom. The van der Waals surface area contributed by atoms with Gasteiger partial charge in [-0.05, 0) is 25.5 Å². The molecule has 0 saturated heterocycles. The Morgan fingerprint density at radius 3 is 2.50 bits per heavy atom. The number of H-pyrrole nitrogens is 1. The Kier molecular flexibility index (Phi) is 4.70. The molecule has 0 saturated carbocycles. The van der Waals surface area contributed by atoms with Crippen LogP contribution in [0.3, 0.4) is 0 Å². The van der Waals surface area contributed by atoms with Gasteiger partial charge in [-0.2, -0.15) is 13.2 Å². The Bertz CT molecular complexity index is 765. The third-order valence-corrected chi connectivity index (χ3v) is 3.58. The molecule has 0 fully saturated rings. The van der Waals surface area contributed by atoms with Crippen molar-refractivity contribution in [3.05, 3.63) is 36.0 Å². The van der Waals surface area contributed by atoms with Gasteiger partial charge in [-0.25, -0.2) is 0 Å². The molecule has 1 aromatic heterocycles. The quantitative estimate of drug-likeness (QED) is 0.818. The van der Waals surface area contributed by atoms with Crippen molar-refractivity contribution in [1.29, 1.82) is 0 Å². The largest absolute Gasteiger partial charge is 0.454 e. The van der Waals surface area contributed by atoms with Gasteiger partial charge in [0.15, 0.2) is 5.60 Å². The highest BCUT2D eigenvalue weighted by Crippen LogP contribution is 2.26. The molecule has 0 bridgehead atoms. The zero-order chi connectivity index (χ0) is 18.1. The monoisotopic (exact) mass is 342 g/mol. The fraction of sp³-hybridized carbons (Fsp3) is 0.375. The molecule has 0 aliphatic rings. The van der Waals surface area contributed by atoms with Crippen molar-refractivity contribution >= 4 is 22.7 Å². The van der Waals surface area contributed by atoms with Crippen molar-refractivity contribution in [1.82, 2.24) is 4.98 Å². The predicted molar refractivity (Wildman–Crippen MR) is 81.2 cm³/mol. The van der Waals surface area contributed by atoms with E-state index in [0.29, 0.717) is 0 Å². The van der Waals surface area contributed by atoms with Crippen molar-refractivity contribution in [2.24, 2.45) is 5.73 Å². The summed E-state index contributed by atoms with van der Waals surface area (Å²) in [5.74, 6) is -3.20. The van der Waals surface area contributed by atoms with E-state index in [1.165, 1.54) is 0 Å². The van der Waals surface area contributed by atoms with Crippen LogP contribution < -0.4 is 5.73 Å². The van der Waals surface area contributed by atoms with Crippen LogP contribution in [-0.2, 0) is 20.7 Å². The van der Waals surface area contributed by atoms with Crippen LogP contribution >= 0.6 is 0 Å². The maximum atomic E-state index is 12.5. The number of aromatic amines is 1. The number of hydrogen-bond donors (Lipinski definition) is 2. The number of ketones is 1. The van der Waals surface area contributed by atoms with Crippen LogP contribution in [0.1, 0.15) is 19.4 Å². The van der Waals surface area contributed by atoms with Crippen LogP contribution in [0.2, 0.25) is 0 Å². The number of nitrogens with two attached hydrogens (primary N) is 1. The molecule has 1 atom stereocenters. The molecule has 0 aliphatic heterocycles. The maximum absolute atomic E-state index is 12.5. The summed E-state index contributed by atoms with van der Waals surface area (Å²) in [5, 5.41) is 0.853. The number of hydrogen-bond acceptors (Lipinski definition) is 4. The zero-order valence-corrected chi connectivity index (χ0v) is 13.1. The van der Waals surface area contributed by atoms with Gasteiger partial charge in [0.05, 0.1) is 0 Å². The van der Waals surface area contributed by atoms with Gasteiger partial charge in [-0.3, -0.25) is 9.59 Å². The first kappa shape index (κ1) is 18.0. The number of benzene rings is 1. The van der Waals surface area contributed by atoms with E-state index in [2.05, 4.69) is 4.98 Å². The molecule has 130 valence electrons. The Balaban J connectivity index is 2.08. The number of Topliss-reactive ketones (excluding diaryl/α,β-unsaturated/α-hetero) is 1. The molecule has 1 aromatic carbocycles. The maximum Gasteiger partial charge on any atom is 0.454 e. The number of nitrogens with one attached hydrogen (secondary N) is 1. The topological polar surface area (TPSA) is 85.2 Å². The van der Waals surface area contributed by atoms with Gasteiger partial charge in [0.25, 0.3) is 5.78 Å². The van der Waals surface area contributed by atoms with Gasteiger partial charge < -0.3 is 15.5 Å². The second-order valence-corrected chi connectivity index (χ2v) is 5.93. The first-order chi connectivity index (χ1) is 11.0. The van der Waals surface area contributed by atoms with Crippen LogP contribution in [0.4, 0.5) is 13.2 Å². The third kappa shape index (κ3) is 3.76. The second-order valence-electron chi connectivity index (χ2n) is 5.93. The van der Waals surface area contributed by atoms with E-state index in [9.17, 15) is 22.8 Å². The summed E-state index contributed by atoms with van der Waals surface area (Å²) in [6, 6.07) is 6.13. The molecule has 8 heteroatoms. The van der Waals surface area contributed by atoms with Gasteiger partial charge >= 0.3 is 12.1 Å². The van der Waals surface area contributed by atoms with Crippen LogP contribution in [0.15, 0.2) is 30.5 Å². The van der Waals surface area contributed by atoms with Crippen molar-refractivity contribution in [3.8, 4) is 0 Å². The summed E-state index contributed by atoms with van der Waals surface area (Å²) in [6.07, 6.45) is -3.35. The Hall–Kier alpha value is -2.35. The average molecular weight is 342 g/mol. The third-order valence-electron chi connectivity index (χ3n) is 3.58. The average Bonchev–Trinajstić information content (AvgIpc) is 2.88. The lowest BCUT2D eigenvalue weighted by atomic mass is 10.0. The van der Waals surface area contributed by atoms with Gasteiger partial charge in [0.2, 0.25) is 0 Å². The lowest BCUT2D eigenvalue weighted by molar-refractivity contribution is -0.195. The van der Waals surface area contributed by atoms with Gasteiger partial charge in [0.1, 0.15) is 6.04 Å². The summed E-state index contributed by atoms with van der Waals surface area (Å²) in [7, 11) is 0. The molecular weight excluding hydrogens is 325 g/mol. The van der Waals surface area contributed by atoms with E-state index in [0.717, 1.165) is 30.3 Å². The molecule has 0 amide bonds. The fourth-order valence-electron chi connectivity index (χ4n) is 2.34. The highest BCUT2D eigenvalue weighted by atomic mass is 19.4. The van der Waals surface area contributed by atoms with E-state index in [4.69, 9.17) is 10.5 Å². The molecule has 2 rings (SSSR count). The summed E-state index contributed by atoms with van der Waals surface area (Å²) in [5.41, 5.74) is 4.99. The summed E-state index contributed by atoms with van der Waals surface area (Å²) < 4.78 is 42.2. The van der Waals surface area contributed by atoms with Crippen molar-refractivity contribution in [2.45, 2.75) is 38.1 Å². The van der Waals surface area contributed by atoms with E-state index in [-0.39, 0.29) is 6.42 Å². The van der Waals surface area contributed by atoms with Crippen LogP contribution in [0, 0.1) is 0 Å². The smallest absolute Gasteiger partial charge is 0.450 e. The van der Waals surface area contributed by atoms with Crippen LogP contribution in [0.25, 0.3) is 10.9 Å². The zero-order valence-electron chi connectivity index (χ0n) is 13.1. The lowest BCUT2D eigenvalue weighted by Crippen LogP contribution is -2.48. The summed E-state index contributed by atoms with van der Waals surface area (Å²) in [4.78, 5) is 26.3. The molecule has 1 unspecified atom stereocenters. The van der Waals surface area contributed by atoms with E-state index >= 15 is 0 Å². The predicted octanol–water partition coefficient (Wildman–Crippen LogP) is 2.49. The number of ether oxygens (including phenoxy) is 1. The van der Waals surface area contributed by atoms with Gasteiger partial charge in [-0.1, -0.05) is 18.2 Å². The van der Waals surface area contributed by atoms with E-state index in [1.807, 2.05) is 24.3 Å². The molecule has 0 aliphatic carbocycles. The molecular formula is C16H17F3N2O3. The summed E-state index contributed by atoms with van der Waals surface area (Å²) >= 11 is 0. The van der Waals surface area contributed by atoms with Crippen LogP contribution in [0.5, 0.6) is 0 Å². The van der Waals surface area contributed by atoms with Gasteiger partial charge in [-0.15, -0.1) is 0 Å². The first-order valence-electron chi connectivity index (χ1n) is 7.17. The normalized spacial score (nSPS) is 13.8. The number of para-hydroxylation sites is 1. The Labute approximate surface area is 136 Å². The minimum atomic E-state index is -5.09. The number of carbonyl (C=O) groups is 2. The highest BCUT2D eigenvalue weighted by molar-refractivity contribution is 5.93. The van der Waals surface area contributed by atoms with E-state index < -0.39 is 29.6 Å². The SMILES string of the molecule is CC(C)(OC(=O)C(N)Cc1c[nH]c2ccccc12)C(=O)C(F)(F)F. The summed E-state index contributed by atoms with van der Waals surface area (Å²) in [6.45, 7) is 1.78. The number of aromatic nitrogens is 1. The number of rotatable bonds is 5. The first-order valence-corrected chi connectivity index (χ1v) is 7.17. The lowest BCUT2D eigenvalue weighted by Gasteiger charge is -2.26. The molecule has 2 aromatic rings. The molecule has 0 spiro atoms. The molecule has 24 heavy (non-hydrogen) atoms. The number of fused-ring (bicyclic) bond motifs is 1. The molecule has 3 N–H and O–H groups in total. The minimum absolute atomic E-state index is 0.0686. The molecule has 0 radical (unpaired) electrons. The Morgan fingerprint density at radius 2 is 1.88 bits per heavy atom. The molecule has 1 heterocycles. The fourth-order valence-corrected chi connectivity index (χ4v) is 2.34. The number of halogens is 3. The van der Waals surface area contributed by atoms with Crippen LogP contribution in [-0.4, -0.2) is 34.6 Å². The van der Waals surface area contributed by atoms with Gasteiger partial charge in [0, 0.05) is 23.5 Å². The minimum Gasteiger partial charge on any atom is -0.450 e. The number of esters is 1.